The van der Waals surface area contributed by atoms with Crippen molar-refractivity contribution in [3.8, 4) is 0 Å². The van der Waals surface area contributed by atoms with Crippen LogP contribution in [-0.2, 0) is 4.79 Å². The van der Waals surface area contributed by atoms with Gasteiger partial charge < -0.3 is 14.7 Å². The van der Waals surface area contributed by atoms with E-state index in [0.29, 0.717) is 30.1 Å². The van der Waals surface area contributed by atoms with Gasteiger partial charge in [-0.25, -0.2) is 0 Å². The summed E-state index contributed by atoms with van der Waals surface area (Å²) >= 11 is 0. The molecule has 0 bridgehead atoms. The number of carbonyl (C=O) groups is 2. The summed E-state index contributed by atoms with van der Waals surface area (Å²) in [6.45, 7) is 4.92. The van der Waals surface area contributed by atoms with Gasteiger partial charge in [0.25, 0.3) is 5.91 Å². The van der Waals surface area contributed by atoms with E-state index in [9.17, 15) is 9.59 Å². The van der Waals surface area contributed by atoms with Crippen LogP contribution in [0.5, 0.6) is 0 Å². The molecule has 1 saturated carbocycles. The second kappa shape index (κ2) is 5.41. The van der Waals surface area contributed by atoms with Crippen LogP contribution in [0.4, 0.5) is 0 Å². The second-order valence-corrected chi connectivity index (χ2v) is 6.60. The van der Waals surface area contributed by atoms with Crippen LogP contribution in [0.25, 0.3) is 0 Å². The number of aryl methyl sites for hydroxylation is 2. The van der Waals surface area contributed by atoms with Crippen LogP contribution in [0, 0.1) is 25.2 Å². The lowest BCUT2D eigenvalue weighted by Crippen LogP contribution is -2.40. The van der Waals surface area contributed by atoms with Crippen LogP contribution in [0.1, 0.15) is 47.5 Å². The van der Waals surface area contributed by atoms with Crippen LogP contribution in [-0.4, -0.2) is 42.0 Å². The quantitative estimate of drug-likeness (QED) is 0.902. The largest absolute Gasteiger partial charge is 0.361 e. The molecule has 2 atom stereocenters. The Hall–Kier alpha value is -1.85. The zero-order chi connectivity index (χ0) is 15.9. The minimum Gasteiger partial charge on any atom is -0.361 e. The van der Waals surface area contributed by atoms with Crippen molar-refractivity contribution in [2.24, 2.45) is 11.3 Å². The molecule has 1 N–H and O–H groups in total. The molecule has 6 heteroatoms. The van der Waals surface area contributed by atoms with Crippen LogP contribution < -0.4 is 5.32 Å². The highest BCUT2D eigenvalue weighted by Gasteiger charge is 2.51. The van der Waals surface area contributed by atoms with Gasteiger partial charge in [-0.1, -0.05) is 11.6 Å². The first-order valence-electron chi connectivity index (χ1n) is 7.92. The summed E-state index contributed by atoms with van der Waals surface area (Å²) < 4.78 is 5.11. The zero-order valence-electron chi connectivity index (χ0n) is 13.4. The number of amides is 2. The van der Waals surface area contributed by atoms with Crippen molar-refractivity contribution in [3.05, 3.63) is 17.0 Å². The fourth-order valence-electron chi connectivity index (χ4n) is 4.23. The monoisotopic (exact) mass is 305 g/mol. The van der Waals surface area contributed by atoms with Gasteiger partial charge in [-0.05, 0) is 33.1 Å². The molecule has 1 saturated heterocycles. The smallest absolute Gasteiger partial charge is 0.259 e. The van der Waals surface area contributed by atoms with Gasteiger partial charge in [-0.15, -0.1) is 0 Å². The first-order valence-corrected chi connectivity index (χ1v) is 7.92. The van der Waals surface area contributed by atoms with Gasteiger partial charge in [0.15, 0.2) is 0 Å². The Morgan fingerprint density at radius 1 is 1.36 bits per heavy atom. The molecule has 2 heterocycles. The number of nitrogens with zero attached hydrogens (tertiary/aromatic N) is 2. The summed E-state index contributed by atoms with van der Waals surface area (Å²) in [6, 6.07) is 0. The normalized spacial score (nSPS) is 27.6. The van der Waals surface area contributed by atoms with E-state index in [-0.39, 0.29) is 23.1 Å². The van der Waals surface area contributed by atoms with Crippen molar-refractivity contribution in [1.29, 1.82) is 0 Å². The molecule has 2 aliphatic rings. The van der Waals surface area contributed by atoms with Gasteiger partial charge in [-0.3, -0.25) is 9.59 Å². The molecule has 1 aromatic rings. The summed E-state index contributed by atoms with van der Waals surface area (Å²) in [5.41, 5.74) is 1.17. The molecule has 1 aliphatic heterocycles. The maximum absolute atomic E-state index is 12.8. The summed E-state index contributed by atoms with van der Waals surface area (Å²) in [6.07, 6.45) is 3.91. The minimum atomic E-state index is -0.0469. The van der Waals surface area contributed by atoms with E-state index >= 15 is 0 Å². The first kappa shape index (κ1) is 15.1. The molecule has 1 spiro atoms. The molecular weight excluding hydrogens is 282 g/mol. The Labute approximate surface area is 130 Å². The fraction of sp³-hybridized carbons (Fsp3) is 0.688. The molecule has 6 nitrogen and oxygen atoms in total. The van der Waals surface area contributed by atoms with Crippen molar-refractivity contribution >= 4 is 11.8 Å². The molecule has 0 radical (unpaired) electrons. The van der Waals surface area contributed by atoms with Crippen molar-refractivity contribution in [1.82, 2.24) is 15.4 Å². The van der Waals surface area contributed by atoms with Crippen LogP contribution in [0.2, 0.25) is 0 Å². The Kier molecular flexibility index (Phi) is 3.70. The van der Waals surface area contributed by atoms with Gasteiger partial charge in [0.05, 0.1) is 5.69 Å². The third-order valence-electron chi connectivity index (χ3n) is 5.39. The topological polar surface area (TPSA) is 75.4 Å². The number of aromatic nitrogens is 1. The predicted octanol–water partition coefficient (Wildman–Crippen LogP) is 1.67. The van der Waals surface area contributed by atoms with Crippen LogP contribution in [0.15, 0.2) is 4.52 Å². The maximum atomic E-state index is 12.8. The summed E-state index contributed by atoms with van der Waals surface area (Å²) in [4.78, 5) is 26.8. The number of hydrogen-bond acceptors (Lipinski definition) is 4. The second-order valence-electron chi connectivity index (χ2n) is 6.60. The van der Waals surface area contributed by atoms with Gasteiger partial charge in [0.1, 0.15) is 11.3 Å². The van der Waals surface area contributed by atoms with Crippen molar-refractivity contribution in [2.45, 2.75) is 39.5 Å². The lowest BCUT2D eigenvalue weighted by molar-refractivity contribution is -0.127. The highest BCUT2D eigenvalue weighted by molar-refractivity contribution is 5.96. The van der Waals surface area contributed by atoms with Gasteiger partial charge in [0.2, 0.25) is 5.91 Å². The lowest BCUT2D eigenvalue weighted by Gasteiger charge is -2.30. The molecule has 0 aromatic carbocycles. The fourth-order valence-corrected chi connectivity index (χ4v) is 4.23. The van der Waals surface area contributed by atoms with E-state index in [4.69, 9.17) is 4.52 Å². The van der Waals surface area contributed by atoms with E-state index in [2.05, 4.69) is 10.5 Å². The highest BCUT2D eigenvalue weighted by atomic mass is 16.5. The maximum Gasteiger partial charge on any atom is 0.259 e. The van der Waals surface area contributed by atoms with E-state index < -0.39 is 0 Å². The number of rotatable bonds is 2. The molecule has 3 rings (SSSR count). The van der Waals surface area contributed by atoms with Crippen molar-refractivity contribution < 1.29 is 14.1 Å². The van der Waals surface area contributed by atoms with Gasteiger partial charge in [0, 0.05) is 31.5 Å². The third kappa shape index (κ3) is 2.21. The SMILES string of the molecule is CNC(=O)[C@H]1CCC[C@]12CCN(C(=O)c1c(C)noc1C)C2. The van der Waals surface area contributed by atoms with Crippen molar-refractivity contribution in [2.75, 3.05) is 20.1 Å². The van der Waals surface area contributed by atoms with Gasteiger partial charge >= 0.3 is 0 Å². The Bertz CT molecular complexity index is 590. The predicted molar refractivity (Wildman–Crippen MR) is 80.3 cm³/mol. The summed E-state index contributed by atoms with van der Waals surface area (Å²) in [5, 5.41) is 6.65. The zero-order valence-corrected chi connectivity index (χ0v) is 13.4. The molecule has 120 valence electrons. The average molecular weight is 305 g/mol. The Balaban J connectivity index is 1.80. The third-order valence-corrected chi connectivity index (χ3v) is 5.39. The number of nitrogens with one attached hydrogen (secondary N) is 1. The Morgan fingerprint density at radius 3 is 2.77 bits per heavy atom. The van der Waals surface area contributed by atoms with Crippen molar-refractivity contribution in [3.63, 3.8) is 0 Å². The van der Waals surface area contributed by atoms with E-state index in [1.807, 2.05) is 4.90 Å². The lowest BCUT2D eigenvalue weighted by atomic mass is 9.76. The molecule has 1 aliphatic carbocycles. The van der Waals surface area contributed by atoms with E-state index in [1.165, 1.54) is 0 Å². The van der Waals surface area contributed by atoms with Crippen LogP contribution >= 0.6 is 0 Å². The summed E-state index contributed by atoms with van der Waals surface area (Å²) in [7, 11) is 1.69. The number of hydrogen-bond donors (Lipinski definition) is 1. The number of likely N-dealkylation sites (tertiary alicyclic amines) is 1. The molecule has 1 aromatic heterocycles. The van der Waals surface area contributed by atoms with Gasteiger partial charge in [-0.2, -0.15) is 0 Å². The molecule has 2 fully saturated rings. The highest BCUT2D eigenvalue weighted by Crippen LogP contribution is 2.50. The minimum absolute atomic E-state index is 0.0179. The Morgan fingerprint density at radius 2 is 2.14 bits per heavy atom. The standard InChI is InChI=1S/C16H23N3O3/c1-10-13(11(2)22-18-10)15(21)19-8-7-16(9-19)6-4-5-12(16)14(20)17-3/h12H,4-9H2,1-3H3,(H,17,20)/t12-,16-/m1/s1. The first-order chi connectivity index (χ1) is 10.5. The molecule has 22 heavy (non-hydrogen) atoms. The molecular formula is C16H23N3O3. The average Bonchev–Trinajstić information content (AvgIpc) is 3.19. The summed E-state index contributed by atoms with van der Waals surface area (Å²) in [5.74, 6) is 0.692. The van der Waals surface area contributed by atoms with E-state index in [0.717, 1.165) is 25.7 Å². The van der Waals surface area contributed by atoms with E-state index in [1.54, 1.807) is 20.9 Å². The number of carbonyl (C=O) groups excluding carboxylic acids is 2. The molecule has 2 amide bonds. The molecule has 0 unspecified atom stereocenters. The van der Waals surface area contributed by atoms with Crippen LogP contribution in [0.3, 0.4) is 0 Å².